The van der Waals surface area contributed by atoms with Crippen molar-refractivity contribution in [1.29, 1.82) is 0 Å². The fourth-order valence-electron chi connectivity index (χ4n) is 8.87. The standard InChI is InChI=1S/C52H99N3O4/c1-7-10-13-16-23-30-38-47(39-31-24-17-14-11-8-2)59-48(56)40-32-25-21-27-34-43-55(44-35-41-54-50-49(53-6)51(57)52(50)58)42-33-26-20-18-19-22-29-37-46(45(4)5)36-28-15-12-9-3/h45-47,53-54H,7-44H2,1-6H3. The fraction of sp³-hybridized carbons (Fsp3) is 0.904. The molecule has 0 amide bonds. The van der Waals surface area contributed by atoms with Gasteiger partial charge in [-0.25, -0.2) is 0 Å². The molecule has 7 nitrogen and oxygen atoms in total. The SMILES string of the molecule is CCCCCCCCC(CCCCCCCC)OC(=O)CCCCCCCN(CCCCCCCCCC(CCCCCC)C(C)C)CCCNc1c(NC)c(=O)c1=O. The van der Waals surface area contributed by atoms with Crippen LogP contribution in [0.1, 0.15) is 253 Å². The molecule has 0 heterocycles. The summed E-state index contributed by atoms with van der Waals surface area (Å²) >= 11 is 0. The van der Waals surface area contributed by atoms with Crippen LogP contribution in [0.4, 0.5) is 11.4 Å². The smallest absolute Gasteiger partial charge is 0.306 e. The molecule has 1 unspecified atom stereocenters. The summed E-state index contributed by atoms with van der Waals surface area (Å²) in [5.41, 5.74) is 0.0548. The van der Waals surface area contributed by atoms with E-state index >= 15 is 0 Å². The number of nitrogens with zero attached hydrogens (tertiary/aromatic N) is 1. The van der Waals surface area contributed by atoms with E-state index in [9.17, 15) is 14.4 Å². The molecule has 0 saturated heterocycles. The van der Waals surface area contributed by atoms with E-state index in [1.54, 1.807) is 7.05 Å². The highest BCUT2D eigenvalue weighted by Gasteiger charge is 2.19. The molecular weight excluding hydrogens is 731 g/mol. The van der Waals surface area contributed by atoms with Crippen LogP contribution in [0.5, 0.6) is 0 Å². The number of esters is 1. The second-order valence-electron chi connectivity index (χ2n) is 18.6. The van der Waals surface area contributed by atoms with Crippen LogP contribution in [-0.4, -0.2) is 50.2 Å². The average molecular weight is 830 g/mol. The predicted molar refractivity (Wildman–Crippen MR) is 258 cm³/mol. The highest BCUT2D eigenvalue weighted by molar-refractivity contribution is 5.73. The minimum atomic E-state index is -0.415. The zero-order chi connectivity index (χ0) is 43.2. The highest BCUT2D eigenvalue weighted by atomic mass is 16.5. The van der Waals surface area contributed by atoms with Gasteiger partial charge in [0.15, 0.2) is 0 Å². The lowest BCUT2D eigenvalue weighted by Crippen LogP contribution is -2.37. The van der Waals surface area contributed by atoms with Gasteiger partial charge in [-0.15, -0.1) is 0 Å². The molecule has 1 atom stereocenters. The molecule has 0 aliphatic heterocycles. The number of nitrogens with one attached hydrogen (secondary N) is 2. The van der Waals surface area contributed by atoms with Crippen LogP contribution in [0, 0.1) is 11.8 Å². The van der Waals surface area contributed by atoms with Gasteiger partial charge in [0.05, 0.1) is 0 Å². The van der Waals surface area contributed by atoms with Gasteiger partial charge in [0, 0.05) is 20.0 Å². The molecule has 1 rings (SSSR count). The summed E-state index contributed by atoms with van der Waals surface area (Å²) in [5.74, 6) is 1.74. The third-order valence-corrected chi connectivity index (χ3v) is 12.9. The van der Waals surface area contributed by atoms with Gasteiger partial charge in [0.25, 0.3) is 10.9 Å². The lowest BCUT2D eigenvalue weighted by atomic mass is 9.85. The second-order valence-corrected chi connectivity index (χ2v) is 18.6. The zero-order valence-corrected chi connectivity index (χ0v) is 40.2. The first-order chi connectivity index (χ1) is 28.8. The Morgan fingerprint density at radius 1 is 0.508 bits per heavy atom. The molecule has 0 spiro atoms. The maximum Gasteiger partial charge on any atom is 0.306 e. The van der Waals surface area contributed by atoms with Crippen molar-refractivity contribution >= 4 is 17.3 Å². The Balaban J connectivity index is 2.40. The first kappa shape index (κ1) is 55.1. The largest absolute Gasteiger partial charge is 0.462 e. The summed E-state index contributed by atoms with van der Waals surface area (Å²) in [6.45, 7) is 15.6. The molecule has 0 aliphatic carbocycles. The minimum Gasteiger partial charge on any atom is -0.462 e. The Labute approximate surface area is 365 Å². The predicted octanol–water partition coefficient (Wildman–Crippen LogP) is 14.5. The molecule has 59 heavy (non-hydrogen) atoms. The van der Waals surface area contributed by atoms with Crippen molar-refractivity contribution in [1.82, 2.24) is 4.90 Å². The minimum absolute atomic E-state index is 0.0188. The molecule has 0 saturated carbocycles. The van der Waals surface area contributed by atoms with Gasteiger partial charge in [-0.05, 0) is 82.8 Å². The van der Waals surface area contributed by atoms with E-state index < -0.39 is 10.9 Å². The van der Waals surface area contributed by atoms with Gasteiger partial charge in [-0.3, -0.25) is 14.4 Å². The van der Waals surface area contributed by atoms with E-state index in [-0.39, 0.29) is 12.1 Å². The van der Waals surface area contributed by atoms with Crippen LogP contribution in [0.3, 0.4) is 0 Å². The lowest BCUT2D eigenvalue weighted by molar-refractivity contribution is -0.150. The van der Waals surface area contributed by atoms with E-state index in [0.29, 0.717) is 24.3 Å². The third kappa shape index (κ3) is 29.1. The summed E-state index contributed by atoms with van der Waals surface area (Å²) < 4.78 is 6.08. The van der Waals surface area contributed by atoms with Crippen molar-refractivity contribution in [2.75, 3.05) is 43.9 Å². The quantitative estimate of drug-likeness (QED) is 0.0384. The van der Waals surface area contributed by atoms with Crippen LogP contribution < -0.4 is 21.5 Å². The molecule has 0 aromatic heterocycles. The van der Waals surface area contributed by atoms with Gasteiger partial charge < -0.3 is 20.3 Å². The summed E-state index contributed by atoms with van der Waals surface area (Å²) in [6.07, 6.45) is 42.3. The molecule has 0 fully saturated rings. The average Bonchev–Trinajstić information content (AvgIpc) is 3.23. The van der Waals surface area contributed by atoms with Gasteiger partial charge in [-0.1, -0.05) is 195 Å². The Morgan fingerprint density at radius 2 is 0.898 bits per heavy atom. The first-order valence-electron chi connectivity index (χ1n) is 26.0. The second kappa shape index (κ2) is 39.0. The van der Waals surface area contributed by atoms with Crippen LogP contribution in [0.2, 0.25) is 0 Å². The number of hydrogen-bond acceptors (Lipinski definition) is 7. The fourth-order valence-corrected chi connectivity index (χ4v) is 8.87. The van der Waals surface area contributed by atoms with Crippen molar-refractivity contribution in [2.24, 2.45) is 11.8 Å². The number of hydrogen-bond donors (Lipinski definition) is 2. The van der Waals surface area contributed by atoms with Gasteiger partial charge in [0.1, 0.15) is 17.5 Å². The van der Waals surface area contributed by atoms with E-state index in [2.05, 4.69) is 50.2 Å². The molecule has 7 heteroatoms. The van der Waals surface area contributed by atoms with Crippen LogP contribution >= 0.6 is 0 Å². The third-order valence-electron chi connectivity index (χ3n) is 12.9. The van der Waals surface area contributed by atoms with Crippen molar-refractivity contribution < 1.29 is 9.53 Å². The Morgan fingerprint density at radius 3 is 1.37 bits per heavy atom. The van der Waals surface area contributed by atoms with Crippen LogP contribution in [-0.2, 0) is 9.53 Å². The Bertz CT molecular complexity index is 1150. The number of carbonyl (C=O) groups is 1. The molecule has 346 valence electrons. The van der Waals surface area contributed by atoms with Crippen molar-refractivity contribution in [3.05, 3.63) is 20.4 Å². The summed E-state index contributed by atoms with van der Waals surface area (Å²) in [7, 11) is 1.69. The van der Waals surface area contributed by atoms with Gasteiger partial charge in [0.2, 0.25) is 0 Å². The zero-order valence-electron chi connectivity index (χ0n) is 40.2. The molecule has 1 aromatic rings. The molecular formula is C52H99N3O4. The normalized spacial score (nSPS) is 12.4. The molecule has 0 bridgehead atoms. The summed E-state index contributed by atoms with van der Waals surface area (Å²) in [4.78, 5) is 39.3. The van der Waals surface area contributed by atoms with Crippen molar-refractivity contribution in [3.8, 4) is 0 Å². The lowest BCUT2D eigenvalue weighted by Gasteiger charge is -2.23. The number of unbranched alkanes of at least 4 members (excludes halogenated alkanes) is 23. The maximum absolute atomic E-state index is 12.9. The number of carbonyl (C=O) groups excluding carboxylic acids is 1. The molecule has 1 aromatic carbocycles. The summed E-state index contributed by atoms with van der Waals surface area (Å²) in [5, 5.41) is 6.08. The number of anilines is 2. The van der Waals surface area contributed by atoms with Gasteiger partial charge in [-0.2, -0.15) is 0 Å². The van der Waals surface area contributed by atoms with E-state index in [1.807, 2.05) is 0 Å². The number of ether oxygens (including phenoxy) is 1. The van der Waals surface area contributed by atoms with E-state index in [1.165, 1.54) is 173 Å². The van der Waals surface area contributed by atoms with Crippen LogP contribution in [0.15, 0.2) is 9.59 Å². The Hall–Kier alpha value is -1.89. The first-order valence-corrected chi connectivity index (χ1v) is 26.0. The molecule has 0 radical (unpaired) electrons. The van der Waals surface area contributed by atoms with Gasteiger partial charge >= 0.3 is 5.97 Å². The monoisotopic (exact) mass is 830 g/mol. The Kier molecular flexibility index (Phi) is 36.4. The van der Waals surface area contributed by atoms with Crippen molar-refractivity contribution in [3.63, 3.8) is 0 Å². The summed E-state index contributed by atoms with van der Waals surface area (Å²) in [6, 6.07) is 0. The molecule has 0 aliphatic rings. The van der Waals surface area contributed by atoms with E-state index in [0.717, 1.165) is 70.0 Å². The topological polar surface area (TPSA) is 87.7 Å². The maximum atomic E-state index is 12.9. The highest BCUT2D eigenvalue weighted by Crippen LogP contribution is 2.26. The van der Waals surface area contributed by atoms with E-state index in [4.69, 9.17) is 4.74 Å². The molecule has 2 N–H and O–H groups in total. The van der Waals surface area contributed by atoms with Crippen molar-refractivity contribution in [2.45, 2.75) is 259 Å². The van der Waals surface area contributed by atoms with Crippen LogP contribution in [0.25, 0.3) is 0 Å². The number of rotatable bonds is 45.